The zero-order valence-corrected chi connectivity index (χ0v) is 27.1. The van der Waals surface area contributed by atoms with E-state index < -0.39 is 0 Å². The van der Waals surface area contributed by atoms with Crippen LogP contribution in [0.3, 0.4) is 0 Å². The summed E-state index contributed by atoms with van der Waals surface area (Å²) in [4.78, 5) is 0. The molecule has 0 saturated carbocycles. The highest BCUT2D eigenvalue weighted by Crippen LogP contribution is 2.49. The highest BCUT2D eigenvalue weighted by atomic mass is 15.0. The van der Waals surface area contributed by atoms with Crippen molar-refractivity contribution in [1.82, 2.24) is 9.13 Å². The van der Waals surface area contributed by atoms with Crippen LogP contribution < -0.4 is 0 Å². The van der Waals surface area contributed by atoms with E-state index in [9.17, 15) is 0 Å². The molecule has 1 aliphatic carbocycles. The molecule has 0 bridgehead atoms. The van der Waals surface area contributed by atoms with Gasteiger partial charge in [-0.25, -0.2) is 0 Å². The average molecular weight is 605 g/mol. The van der Waals surface area contributed by atoms with E-state index in [0.717, 1.165) is 6.42 Å². The Morgan fingerprint density at radius 3 is 1.96 bits per heavy atom. The van der Waals surface area contributed by atoms with Crippen LogP contribution in [-0.4, -0.2) is 9.13 Å². The van der Waals surface area contributed by atoms with Crippen molar-refractivity contribution in [2.75, 3.05) is 0 Å². The van der Waals surface area contributed by atoms with Crippen molar-refractivity contribution in [3.8, 4) is 33.6 Å². The van der Waals surface area contributed by atoms with E-state index in [-0.39, 0.29) is 5.41 Å². The Labute approximate surface area is 275 Å². The molecule has 8 aromatic rings. The molecule has 0 atom stereocenters. The first kappa shape index (κ1) is 27.7. The number of hydrogen-bond donors (Lipinski definition) is 0. The summed E-state index contributed by atoms with van der Waals surface area (Å²) in [5, 5.41) is 3.77. The lowest BCUT2D eigenvalue weighted by Gasteiger charge is -2.22. The molecule has 0 spiro atoms. The molecule has 2 nitrogen and oxygen atoms in total. The second kappa shape index (κ2) is 10.2. The number of fused-ring (bicyclic) bond motifs is 7. The predicted molar refractivity (Wildman–Crippen MR) is 200 cm³/mol. The molecular formula is C45H36N2. The summed E-state index contributed by atoms with van der Waals surface area (Å²) in [6, 6.07) is 49.3. The molecule has 0 unspecified atom stereocenters. The molecule has 2 heteroatoms. The third kappa shape index (κ3) is 3.91. The van der Waals surface area contributed by atoms with Crippen LogP contribution >= 0.6 is 0 Å². The predicted octanol–water partition coefficient (Wildman–Crippen LogP) is 11.9. The van der Waals surface area contributed by atoms with E-state index in [1.54, 1.807) is 0 Å². The Balaban J connectivity index is 1.22. The summed E-state index contributed by atoms with van der Waals surface area (Å²) >= 11 is 0. The van der Waals surface area contributed by atoms with Crippen molar-refractivity contribution < 1.29 is 0 Å². The van der Waals surface area contributed by atoms with Gasteiger partial charge in [0, 0.05) is 44.2 Å². The molecule has 6 aromatic carbocycles. The van der Waals surface area contributed by atoms with E-state index in [0.29, 0.717) is 0 Å². The molecule has 0 N–H and O–H groups in total. The number of benzene rings is 6. The molecule has 226 valence electrons. The van der Waals surface area contributed by atoms with Gasteiger partial charge in [0.2, 0.25) is 0 Å². The maximum atomic E-state index is 4.23. The quantitative estimate of drug-likeness (QED) is 0.185. The number of rotatable bonds is 5. The van der Waals surface area contributed by atoms with Gasteiger partial charge in [-0.15, -0.1) is 0 Å². The van der Waals surface area contributed by atoms with Gasteiger partial charge >= 0.3 is 0 Å². The molecule has 1 aliphatic rings. The van der Waals surface area contributed by atoms with Gasteiger partial charge in [-0.1, -0.05) is 112 Å². The van der Waals surface area contributed by atoms with E-state index in [1.165, 1.54) is 88.7 Å². The SMILES string of the molecule is C=Cc1c(CC)n(-c2ccccc2)c2ccc(-c3ccc4c(c3)c3ccccc3n4-c3ccc4c(c3)C(C)(C)c3ccccc3-4)cc12. The van der Waals surface area contributed by atoms with Crippen LogP contribution in [0.25, 0.3) is 72.4 Å². The largest absolute Gasteiger partial charge is 0.313 e. The van der Waals surface area contributed by atoms with Crippen LogP contribution in [0.15, 0.2) is 140 Å². The number of nitrogens with zero attached hydrogens (tertiary/aromatic N) is 2. The molecule has 2 heterocycles. The van der Waals surface area contributed by atoms with E-state index in [2.05, 4.69) is 170 Å². The molecule has 2 aromatic heterocycles. The Morgan fingerprint density at radius 1 is 0.553 bits per heavy atom. The van der Waals surface area contributed by atoms with Crippen LogP contribution in [-0.2, 0) is 11.8 Å². The first-order chi connectivity index (χ1) is 23.0. The van der Waals surface area contributed by atoms with Gasteiger partial charge in [0.05, 0.1) is 16.6 Å². The first-order valence-corrected chi connectivity index (χ1v) is 16.6. The monoisotopic (exact) mass is 604 g/mol. The zero-order valence-electron chi connectivity index (χ0n) is 27.1. The van der Waals surface area contributed by atoms with E-state index in [4.69, 9.17) is 0 Å². The van der Waals surface area contributed by atoms with Gasteiger partial charge in [-0.3, -0.25) is 0 Å². The second-order valence-corrected chi connectivity index (χ2v) is 13.3. The van der Waals surface area contributed by atoms with Crippen molar-refractivity contribution in [1.29, 1.82) is 0 Å². The fraction of sp³-hybridized carbons (Fsp3) is 0.111. The van der Waals surface area contributed by atoms with Gasteiger partial charge in [0.15, 0.2) is 0 Å². The lowest BCUT2D eigenvalue weighted by Crippen LogP contribution is -2.15. The van der Waals surface area contributed by atoms with Crippen molar-refractivity contribution in [3.63, 3.8) is 0 Å². The molecular weight excluding hydrogens is 569 g/mol. The maximum Gasteiger partial charge on any atom is 0.0541 e. The lowest BCUT2D eigenvalue weighted by molar-refractivity contribution is 0.660. The molecule has 47 heavy (non-hydrogen) atoms. The second-order valence-electron chi connectivity index (χ2n) is 13.3. The molecule has 0 amide bonds. The Kier molecular flexibility index (Phi) is 6.01. The standard InChI is InChI=1S/C45H36N2/c1-5-33-37-26-29(20-24-43(37)46(41(33)6-2)31-14-8-7-9-15-31)30-21-25-44-38(27-30)36-17-11-13-19-42(36)47(44)32-22-23-35-34-16-10-12-18-39(34)45(3,4)40(35)28-32/h5,7-28H,1,6H2,2-4H3. The van der Waals surface area contributed by atoms with Crippen molar-refractivity contribution in [2.24, 2.45) is 0 Å². The average Bonchev–Trinajstić information content (AvgIpc) is 3.70. The lowest BCUT2D eigenvalue weighted by atomic mass is 9.82. The summed E-state index contributed by atoms with van der Waals surface area (Å²) < 4.78 is 4.84. The Bertz CT molecular complexity index is 2540. The molecule has 0 fully saturated rings. The molecule has 0 aliphatic heterocycles. The highest BCUT2D eigenvalue weighted by molar-refractivity contribution is 6.11. The van der Waals surface area contributed by atoms with Crippen molar-refractivity contribution in [3.05, 3.63) is 162 Å². The summed E-state index contributed by atoms with van der Waals surface area (Å²) in [6.45, 7) is 11.2. The minimum absolute atomic E-state index is 0.0477. The van der Waals surface area contributed by atoms with E-state index in [1.807, 2.05) is 6.08 Å². The van der Waals surface area contributed by atoms with Crippen LogP contribution in [0.5, 0.6) is 0 Å². The summed E-state index contributed by atoms with van der Waals surface area (Å²) in [7, 11) is 0. The topological polar surface area (TPSA) is 9.86 Å². The fourth-order valence-electron chi connectivity index (χ4n) is 8.26. The molecule has 0 radical (unpaired) electrons. The minimum atomic E-state index is -0.0477. The van der Waals surface area contributed by atoms with Crippen LogP contribution in [0.4, 0.5) is 0 Å². The highest BCUT2D eigenvalue weighted by Gasteiger charge is 2.35. The Morgan fingerprint density at radius 2 is 1.19 bits per heavy atom. The number of para-hydroxylation sites is 2. The van der Waals surface area contributed by atoms with Gasteiger partial charge in [-0.2, -0.15) is 0 Å². The van der Waals surface area contributed by atoms with Crippen LogP contribution in [0.2, 0.25) is 0 Å². The normalized spacial score (nSPS) is 13.3. The minimum Gasteiger partial charge on any atom is -0.313 e. The summed E-state index contributed by atoms with van der Waals surface area (Å²) in [5.74, 6) is 0. The summed E-state index contributed by atoms with van der Waals surface area (Å²) in [5.41, 5.74) is 16.4. The fourth-order valence-corrected chi connectivity index (χ4v) is 8.26. The van der Waals surface area contributed by atoms with E-state index >= 15 is 0 Å². The van der Waals surface area contributed by atoms with Crippen molar-refractivity contribution >= 4 is 38.8 Å². The first-order valence-electron chi connectivity index (χ1n) is 16.6. The van der Waals surface area contributed by atoms with Gasteiger partial charge in [0.1, 0.15) is 0 Å². The van der Waals surface area contributed by atoms with Crippen LogP contribution in [0, 0.1) is 0 Å². The van der Waals surface area contributed by atoms with Gasteiger partial charge < -0.3 is 9.13 Å². The van der Waals surface area contributed by atoms with Gasteiger partial charge in [-0.05, 0) is 94.4 Å². The molecule has 9 rings (SSSR count). The summed E-state index contributed by atoms with van der Waals surface area (Å²) in [6.07, 6.45) is 2.95. The third-order valence-electron chi connectivity index (χ3n) is 10.5. The van der Waals surface area contributed by atoms with Crippen LogP contribution in [0.1, 0.15) is 43.2 Å². The Hall–Kier alpha value is -5.60. The number of hydrogen-bond acceptors (Lipinski definition) is 0. The molecule has 0 saturated heterocycles. The third-order valence-corrected chi connectivity index (χ3v) is 10.5. The maximum absolute atomic E-state index is 4.23. The smallest absolute Gasteiger partial charge is 0.0541 e. The van der Waals surface area contributed by atoms with Gasteiger partial charge in [0.25, 0.3) is 0 Å². The zero-order chi connectivity index (χ0) is 31.9. The van der Waals surface area contributed by atoms with Crippen molar-refractivity contribution in [2.45, 2.75) is 32.6 Å². The number of aromatic nitrogens is 2.